The molecular formula is C21H15N5. The Labute approximate surface area is 149 Å². The lowest BCUT2D eigenvalue weighted by Crippen LogP contribution is -1.88. The van der Waals surface area contributed by atoms with Gasteiger partial charge in [0.15, 0.2) is 11.6 Å². The van der Waals surface area contributed by atoms with Crippen LogP contribution in [0.4, 0.5) is 0 Å². The van der Waals surface area contributed by atoms with E-state index in [1.54, 1.807) is 0 Å². The summed E-state index contributed by atoms with van der Waals surface area (Å²) in [6.45, 7) is 0. The monoisotopic (exact) mass is 337 g/mol. The molecule has 0 unspecified atom stereocenters. The van der Waals surface area contributed by atoms with Gasteiger partial charge in [-0.2, -0.15) is 5.10 Å². The number of para-hydroxylation sites is 2. The molecular weight excluding hydrogens is 322 g/mol. The first kappa shape index (κ1) is 14.6. The average Bonchev–Trinajstić information content (AvgIpc) is 3.36. The number of imidazole rings is 1. The first-order chi connectivity index (χ1) is 12.9. The smallest absolute Gasteiger partial charge is 0.181 e. The SMILES string of the molecule is c1ccc(-c2n[nH]c(-c3ccccc3-c3nc4ccccc4[nH]3)n2)cc1. The summed E-state index contributed by atoms with van der Waals surface area (Å²) in [5.41, 5.74) is 4.89. The van der Waals surface area contributed by atoms with Crippen molar-refractivity contribution >= 4 is 11.0 Å². The molecule has 0 saturated heterocycles. The Balaban J connectivity index is 1.62. The molecule has 2 N–H and O–H groups in total. The van der Waals surface area contributed by atoms with Gasteiger partial charge in [0.2, 0.25) is 0 Å². The molecule has 26 heavy (non-hydrogen) atoms. The van der Waals surface area contributed by atoms with Crippen LogP contribution in [0.1, 0.15) is 0 Å². The number of nitrogens with one attached hydrogen (secondary N) is 2. The van der Waals surface area contributed by atoms with Crippen molar-refractivity contribution in [2.75, 3.05) is 0 Å². The molecule has 0 saturated carbocycles. The zero-order chi connectivity index (χ0) is 17.3. The van der Waals surface area contributed by atoms with E-state index in [0.29, 0.717) is 5.82 Å². The van der Waals surface area contributed by atoms with Crippen molar-refractivity contribution in [3.05, 3.63) is 78.9 Å². The highest BCUT2D eigenvalue weighted by Gasteiger charge is 2.14. The molecule has 2 heterocycles. The van der Waals surface area contributed by atoms with E-state index >= 15 is 0 Å². The summed E-state index contributed by atoms with van der Waals surface area (Å²) in [6.07, 6.45) is 0. The Morgan fingerprint density at radius 3 is 2.12 bits per heavy atom. The van der Waals surface area contributed by atoms with Crippen LogP contribution in [0.2, 0.25) is 0 Å². The van der Waals surface area contributed by atoms with E-state index in [9.17, 15) is 0 Å². The maximum Gasteiger partial charge on any atom is 0.181 e. The summed E-state index contributed by atoms with van der Waals surface area (Å²) >= 11 is 0. The Morgan fingerprint density at radius 1 is 0.615 bits per heavy atom. The van der Waals surface area contributed by atoms with Crippen molar-refractivity contribution in [2.24, 2.45) is 0 Å². The van der Waals surface area contributed by atoms with Crippen LogP contribution in [0.25, 0.3) is 45.2 Å². The van der Waals surface area contributed by atoms with Crippen LogP contribution in [0.3, 0.4) is 0 Å². The van der Waals surface area contributed by atoms with Crippen LogP contribution < -0.4 is 0 Å². The van der Waals surface area contributed by atoms with Gasteiger partial charge in [0.1, 0.15) is 5.82 Å². The molecule has 0 aliphatic heterocycles. The standard InChI is InChI=1S/C21H15N5/c1-2-8-14(9-3-1)19-24-21(26-25-19)16-11-5-4-10-15(16)20-22-17-12-6-7-13-18(17)23-20/h1-13H,(H,22,23)(H,24,25,26). The highest BCUT2D eigenvalue weighted by molar-refractivity contribution is 5.84. The number of benzene rings is 3. The second-order valence-corrected chi connectivity index (χ2v) is 6.02. The van der Waals surface area contributed by atoms with Crippen LogP contribution >= 0.6 is 0 Å². The van der Waals surface area contributed by atoms with Gasteiger partial charge in [-0.05, 0) is 12.1 Å². The van der Waals surface area contributed by atoms with E-state index in [1.165, 1.54) is 0 Å². The van der Waals surface area contributed by atoms with E-state index in [0.717, 1.165) is 39.4 Å². The summed E-state index contributed by atoms with van der Waals surface area (Å²) < 4.78 is 0. The van der Waals surface area contributed by atoms with E-state index < -0.39 is 0 Å². The first-order valence-corrected chi connectivity index (χ1v) is 8.41. The van der Waals surface area contributed by atoms with Crippen LogP contribution in [0, 0.1) is 0 Å². The van der Waals surface area contributed by atoms with Crippen LogP contribution in [-0.4, -0.2) is 25.1 Å². The molecule has 5 rings (SSSR count). The predicted molar refractivity (Wildman–Crippen MR) is 102 cm³/mol. The maximum absolute atomic E-state index is 4.72. The fourth-order valence-electron chi connectivity index (χ4n) is 3.08. The van der Waals surface area contributed by atoms with Crippen LogP contribution in [0.5, 0.6) is 0 Å². The second-order valence-electron chi connectivity index (χ2n) is 6.02. The molecule has 0 fully saturated rings. The van der Waals surface area contributed by atoms with Gasteiger partial charge in [-0.25, -0.2) is 9.97 Å². The largest absolute Gasteiger partial charge is 0.338 e. The number of H-pyrrole nitrogens is 2. The normalized spacial score (nSPS) is 11.1. The Morgan fingerprint density at radius 2 is 1.31 bits per heavy atom. The molecule has 0 aliphatic rings. The molecule has 0 bridgehead atoms. The van der Waals surface area contributed by atoms with Crippen molar-refractivity contribution < 1.29 is 0 Å². The highest BCUT2D eigenvalue weighted by Crippen LogP contribution is 2.30. The zero-order valence-electron chi connectivity index (χ0n) is 13.8. The highest BCUT2D eigenvalue weighted by atomic mass is 15.2. The summed E-state index contributed by atoms with van der Waals surface area (Å²) in [5, 5.41) is 7.44. The summed E-state index contributed by atoms with van der Waals surface area (Å²) in [4.78, 5) is 12.8. The molecule has 124 valence electrons. The third-order valence-corrected chi connectivity index (χ3v) is 4.34. The maximum atomic E-state index is 4.72. The minimum absolute atomic E-state index is 0.681. The van der Waals surface area contributed by atoms with Gasteiger partial charge < -0.3 is 4.98 Å². The van der Waals surface area contributed by atoms with Gasteiger partial charge in [0.25, 0.3) is 0 Å². The quantitative estimate of drug-likeness (QED) is 0.502. The number of nitrogens with zero attached hydrogens (tertiary/aromatic N) is 3. The molecule has 0 amide bonds. The lowest BCUT2D eigenvalue weighted by Gasteiger charge is -2.03. The van der Waals surface area contributed by atoms with E-state index in [-0.39, 0.29) is 0 Å². The first-order valence-electron chi connectivity index (χ1n) is 8.41. The lowest BCUT2D eigenvalue weighted by molar-refractivity contribution is 1.10. The Kier molecular flexibility index (Phi) is 3.35. The summed E-state index contributed by atoms with van der Waals surface area (Å²) in [7, 11) is 0. The summed E-state index contributed by atoms with van der Waals surface area (Å²) in [5.74, 6) is 2.22. The third kappa shape index (κ3) is 2.46. The van der Waals surface area contributed by atoms with Crippen molar-refractivity contribution in [3.8, 4) is 34.2 Å². The molecule has 5 heteroatoms. The molecule has 0 spiro atoms. The van der Waals surface area contributed by atoms with Gasteiger partial charge in [0, 0.05) is 16.7 Å². The topological polar surface area (TPSA) is 70.2 Å². The fraction of sp³-hybridized carbons (Fsp3) is 0. The van der Waals surface area contributed by atoms with Crippen molar-refractivity contribution in [3.63, 3.8) is 0 Å². The molecule has 0 radical (unpaired) electrons. The van der Waals surface area contributed by atoms with Crippen LogP contribution in [-0.2, 0) is 0 Å². The number of aromatic amines is 2. The molecule has 5 nitrogen and oxygen atoms in total. The molecule has 3 aromatic carbocycles. The van der Waals surface area contributed by atoms with Crippen molar-refractivity contribution in [2.45, 2.75) is 0 Å². The third-order valence-electron chi connectivity index (χ3n) is 4.34. The van der Waals surface area contributed by atoms with E-state index in [2.05, 4.69) is 20.2 Å². The molecule has 0 atom stereocenters. The number of hydrogen-bond acceptors (Lipinski definition) is 3. The number of fused-ring (bicyclic) bond motifs is 1. The lowest BCUT2D eigenvalue weighted by atomic mass is 10.1. The fourth-order valence-corrected chi connectivity index (χ4v) is 3.08. The average molecular weight is 337 g/mol. The van der Waals surface area contributed by atoms with E-state index in [1.807, 2.05) is 78.9 Å². The number of aromatic nitrogens is 5. The van der Waals surface area contributed by atoms with Gasteiger partial charge in [-0.1, -0.05) is 66.7 Å². The zero-order valence-corrected chi connectivity index (χ0v) is 13.8. The van der Waals surface area contributed by atoms with Crippen LogP contribution in [0.15, 0.2) is 78.9 Å². The summed E-state index contributed by atoms with van der Waals surface area (Å²) in [6, 6.07) is 26.0. The molecule has 5 aromatic rings. The second kappa shape index (κ2) is 5.97. The van der Waals surface area contributed by atoms with Crippen molar-refractivity contribution in [1.82, 2.24) is 25.1 Å². The number of hydrogen-bond donors (Lipinski definition) is 2. The Bertz CT molecular complexity index is 1150. The van der Waals surface area contributed by atoms with E-state index in [4.69, 9.17) is 4.98 Å². The molecule has 0 aliphatic carbocycles. The van der Waals surface area contributed by atoms with Gasteiger partial charge in [-0.15, -0.1) is 0 Å². The van der Waals surface area contributed by atoms with Gasteiger partial charge >= 0.3 is 0 Å². The molecule has 2 aromatic heterocycles. The van der Waals surface area contributed by atoms with Gasteiger partial charge in [-0.3, -0.25) is 5.10 Å². The number of rotatable bonds is 3. The predicted octanol–water partition coefficient (Wildman–Crippen LogP) is 4.68. The van der Waals surface area contributed by atoms with Gasteiger partial charge in [0.05, 0.1) is 11.0 Å². The minimum atomic E-state index is 0.681. The Hall–Kier alpha value is -3.73. The van der Waals surface area contributed by atoms with Crippen molar-refractivity contribution in [1.29, 1.82) is 0 Å². The minimum Gasteiger partial charge on any atom is -0.338 e.